The Bertz CT molecular complexity index is 1730. The van der Waals surface area contributed by atoms with Crippen LogP contribution in [0.15, 0.2) is 86.9 Å². The molecule has 41 heavy (non-hydrogen) atoms. The molecule has 0 fully saturated rings. The van der Waals surface area contributed by atoms with Crippen molar-refractivity contribution in [2.24, 2.45) is 0 Å². The molecule has 1 N–H and O–H groups in total. The number of nitrogens with one attached hydrogen (secondary N) is 1. The van der Waals surface area contributed by atoms with Gasteiger partial charge >= 0.3 is 35.3 Å². The number of rotatable bonds is 10. The molecule has 2 aromatic heterocycles. The van der Waals surface area contributed by atoms with E-state index in [4.69, 9.17) is 14.2 Å². The van der Waals surface area contributed by atoms with E-state index in [1.54, 1.807) is 4.57 Å². The van der Waals surface area contributed by atoms with E-state index in [9.17, 15) is 9.59 Å². The van der Waals surface area contributed by atoms with E-state index >= 15 is 0 Å². The molecule has 0 radical (unpaired) electrons. The molecule has 0 bridgehead atoms. The number of ether oxygens (including phenoxy) is 1. The van der Waals surface area contributed by atoms with Crippen LogP contribution in [0.2, 0.25) is 0 Å². The smallest absolute Gasteiger partial charge is 1.00 e. The van der Waals surface area contributed by atoms with Gasteiger partial charge in [0.1, 0.15) is 11.6 Å². The fourth-order valence-electron chi connectivity index (χ4n) is 4.85. The van der Waals surface area contributed by atoms with Crippen LogP contribution in [0.4, 0.5) is 0 Å². The van der Waals surface area contributed by atoms with Crippen molar-refractivity contribution in [2.75, 3.05) is 6.61 Å². The second-order valence-corrected chi connectivity index (χ2v) is 9.68. The van der Waals surface area contributed by atoms with Crippen molar-refractivity contribution in [3.05, 3.63) is 116 Å². The van der Waals surface area contributed by atoms with Gasteiger partial charge < -0.3 is 6.16 Å². The second-order valence-electron chi connectivity index (χ2n) is 9.68. The van der Waals surface area contributed by atoms with Gasteiger partial charge in [-0.3, -0.25) is 18.9 Å². The van der Waals surface area contributed by atoms with Crippen molar-refractivity contribution in [2.45, 2.75) is 46.5 Å². The van der Waals surface area contributed by atoms with Crippen LogP contribution in [0.3, 0.4) is 0 Å². The molecule has 0 aliphatic rings. The Kier molecular flexibility index (Phi) is 10.2. The van der Waals surface area contributed by atoms with E-state index in [1.165, 1.54) is 0 Å². The maximum Gasteiger partial charge on any atom is 1.00 e. The quantitative estimate of drug-likeness (QED) is 0.264. The molecule has 8 nitrogen and oxygen atoms in total. The Morgan fingerprint density at radius 2 is 1.63 bits per heavy atom. The van der Waals surface area contributed by atoms with Crippen LogP contribution < -0.4 is 45.6 Å². The molecule has 0 saturated heterocycles. The number of hydrogen-bond donors (Lipinski definition) is 1. The summed E-state index contributed by atoms with van der Waals surface area (Å²) in [6.45, 7) is 6.69. The molecule has 0 spiro atoms. The predicted octanol–water partition coefficient (Wildman–Crippen LogP) is 3.00. The zero-order valence-electron chi connectivity index (χ0n) is 24.9. The van der Waals surface area contributed by atoms with Crippen LogP contribution in [0.5, 0.6) is 5.75 Å². The van der Waals surface area contributed by atoms with Crippen LogP contribution in [0.1, 0.15) is 50.8 Å². The van der Waals surface area contributed by atoms with Gasteiger partial charge in [-0.1, -0.05) is 74.0 Å². The van der Waals surface area contributed by atoms with Crippen LogP contribution in [-0.4, -0.2) is 26.3 Å². The van der Waals surface area contributed by atoms with Crippen molar-refractivity contribution in [1.82, 2.24) is 19.7 Å². The molecular weight excluding hydrogens is 527 g/mol. The van der Waals surface area contributed by atoms with Gasteiger partial charge in [0, 0.05) is 17.5 Å². The first-order valence-corrected chi connectivity index (χ1v) is 13.6. The van der Waals surface area contributed by atoms with Crippen molar-refractivity contribution in [3.63, 3.8) is 0 Å². The minimum absolute atomic E-state index is 0. The topological polar surface area (TPSA) is 103 Å². The number of benzene rings is 3. The van der Waals surface area contributed by atoms with Gasteiger partial charge in [-0.2, -0.15) is 0 Å². The second kappa shape index (κ2) is 13.8. The summed E-state index contributed by atoms with van der Waals surface area (Å²) in [5.74, 6) is 1.23. The largest absolute Gasteiger partial charge is 1.00 e. The summed E-state index contributed by atoms with van der Waals surface area (Å²) in [5.41, 5.74) is 5.90. The molecule has 3 aromatic carbocycles. The molecule has 0 aliphatic carbocycles. The molecule has 0 atom stereocenters. The number of H-pyrrole nitrogens is 1. The van der Waals surface area contributed by atoms with E-state index < -0.39 is 5.76 Å². The average molecular weight is 561 g/mol. The maximum atomic E-state index is 13.9. The fraction of sp³-hybridized carbons (Fsp3) is 0.250. The van der Waals surface area contributed by atoms with Crippen LogP contribution >= 0.6 is 0 Å². The molecule has 0 saturated carbocycles. The summed E-state index contributed by atoms with van der Waals surface area (Å²) in [7, 11) is 0. The monoisotopic (exact) mass is 560 g/mol. The molecule has 2 heterocycles. The Labute approximate surface area is 262 Å². The maximum absolute atomic E-state index is 13.9. The summed E-state index contributed by atoms with van der Waals surface area (Å²) in [6.07, 6.45) is 3.03. The molecular formula is C32H33N4NaO4. The first-order valence-electron chi connectivity index (χ1n) is 13.6. The Balaban J connectivity index is 0.00000242. The molecule has 5 rings (SSSR count). The molecule has 206 valence electrons. The van der Waals surface area contributed by atoms with Crippen LogP contribution in [0.25, 0.3) is 28.2 Å². The molecule has 9 heteroatoms. The molecule has 0 aliphatic heterocycles. The number of aromatic amines is 1. The summed E-state index contributed by atoms with van der Waals surface area (Å²) in [6, 6.07) is 23.3. The van der Waals surface area contributed by atoms with Gasteiger partial charge in [-0.15, -0.1) is 0 Å². The van der Waals surface area contributed by atoms with Crippen molar-refractivity contribution < 1.29 is 40.2 Å². The standard InChI is InChI=1S/C32H32N4O4.Na.H/c1-4-8-29-28(31(37)36(21(3)33-29)24-15-17-25(18-16-24)39-19-5-2)20-22-11-13-23(14-12-22)26-9-6-7-10-27(26)30-34-32(38)40-35-30;;/h6-7,9-18H,4-5,8,19-20H2,1-3H3,(H,34,35,38);;/q;+1;-1. The molecule has 5 aromatic rings. The first kappa shape index (κ1) is 30.2. The van der Waals surface area contributed by atoms with Gasteiger partial charge in [0.25, 0.3) is 5.56 Å². The molecule has 0 amide bonds. The number of nitrogens with zero attached hydrogens (tertiary/aromatic N) is 3. The van der Waals surface area contributed by atoms with Crippen molar-refractivity contribution >= 4 is 0 Å². The minimum atomic E-state index is -0.596. The Morgan fingerprint density at radius 3 is 2.27 bits per heavy atom. The van der Waals surface area contributed by atoms with Crippen LogP contribution in [0, 0.1) is 6.92 Å². The third-order valence-corrected chi connectivity index (χ3v) is 6.75. The minimum Gasteiger partial charge on any atom is -1.00 e. The summed E-state index contributed by atoms with van der Waals surface area (Å²) in [4.78, 5) is 32.9. The molecule has 0 unspecified atom stereocenters. The van der Waals surface area contributed by atoms with Crippen molar-refractivity contribution in [3.8, 4) is 34.0 Å². The van der Waals surface area contributed by atoms with Gasteiger partial charge in [0.15, 0.2) is 5.82 Å². The van der Waals surface area contributed by atoms with E-state index in [2.05, 4.69) is 24.0 Å². The number of hydrogen-bond acceptors (Lipinski definition) is 6. The average Bonchev–Trinajstić information content (AvgIpc) is 3.41. The summed E-state index contributed by atoms with van der Waals surface area (Å²) < 4.78 is 12.1. The van der Waals surface area contributed by atoms with E-state index in [1.807, 2.05) is 79.7 Å². The fourth-order valence-corrected chi connectivity index (χ4v) is 4.85. The zero-order chi connectivity index (χ0) is 28.1. The first-order chi connectivity index (χ1) is 19.5. The summed E-state index contributed by atoms with van der Waals surface area (Å²) in [5, 5.41) is 3.85. The Hall–Kier alpha value is -3.72. The zero-order valence-corrected chi connectivity index (χ0v) is 25.9. The van der Waals surface area contributed by atoms with Crippen LogP contribution in [-0.2, 0) is 12.8 Å². The van der Waals surface area contributed by atoms with Gasteiger partial charge in [0.05, 0.1) is 18.0 Å². The van der Waals surface area contributed by atoms with Crippen molar-refractivity contribution in [1.29, 1.82) is 0 Å². The SMILES string of the molecule is CCCOc1ccc(-n2c(C)nc(CCC)c(Cc3ccc(-c4ccccc4-c4noc(=O)[nH]4)cc3)c2=O)cc1.[H-].[Na+]. The summed E-state index contributed by atoms with van der Waals surface area (Å²) >= 11 is 0. The van der Waals surface area contributed by atoms with E-state index in [0.29, 0.717) is 30.2 Å². The number of aryl methyl sites for hydroxylation is 2. The van der Waals surface area contributed by atoms with Gasteiger partial charge in [-0.05, 0) is 60.7 Å². The predicted molar refractivity (Wildman–Crippen MR) is 156 cm³/mol. The third-order valence-electron chi connectivity index (χ3n) is 6.75. The third kappa shape index (κ3) is 6.78. The van der Waals surface area contributed by atoms with E-state index in [0.717, 1.165) is 58.6 Å². The number of aromatic nitrogens is 4. The van der Waals surface area contributed by atoms with Gasteiger partial charge in [-0.25, -0.2) is 9.78 Å². The van der Waals surface area contributed by atoms with E-state index in [-0.39, 0.29) is 36.5 Å². The normalized spacial score (nSPS) is 10.8. The Morgan fingerprint density at radius 1 is 0.927 bits per heavy atom. The van der Waals surface area contributed by atoms with Gasteiger partial charge in [0.2, 0.25) is 0 Å².